The van der Waals surface area contributed by atoms with Crippen molar-refractivity contribution in [3.05, 3.63) is 89.6 Å². The van der Waals surface area contributed by atoms with Crippen molar-refractivity contribution >= 4 is 11.6 Å². The van der Waals surface area contributed by atoms with Crippen molar-refractivity contribution in [1.29, 1.82) is 0 Å². The molecule has 3 heterocycles. The summed E-state index contributed by atoms with van der Waals surface area (Å²) in [4.78, 5) is 21.1. The van der Waals surface area contributed by atoms with Gasteiger partial charge in [-0.2, -0.15) is 0 Å². The molecule has 0 aliphatic carbocycles. The maximum absolute atomic E-state index is 14.4. The van der Waals surface area contributed by atoms with Gasteiger partial charge in [0.25, 0.3) is 5.91 Å². The normalized spacial score (nSPS) is 14.3. The first-order valence-corrected chi connectivity index (χ1v) is 10.8. The Labute approximate surface area is 199 Å². The summed E-state index contributed by atoms with van der Waals surface area (Å²) in [6.07, 6.45) is 3.07. The van der Waals surface area contributed by atoms with Crippen molar-refractivity contribution in [1.82, 2.24) is 30.0 Å². The van der Waals surface area contributed by atoms with E-state index in [0.29, 0.717) is 35.1 Å². The maximum atomic E-state index is 14.4. The Morgan fingerprint density at radius 2 is 1.89 bits per heavy atom. The Hall–Kier alpha value is -4.25. The molecule has 4 aromatic rings. The number of nitrogens with one attached hydrogen (secondary N) is 2. The number of nitrogens with zero attached hydrogens (tertiary/aromatic N) is 5. The van der Waals surface area contributed by atoms with Gasteiger partial charge < -0.3 is 19.9 Å². The smallest absolute Gasteiger partial charge is 0.252 e. The molecule has 0 saturated carbocycles. The van der Waals surface area contributed by atoms with Crippen LogP contribution in [0, 0.1) is 11.6 Å². The van der Waals surface area contributed by atoms with E-state index in [-0.39, 0.29) is 18.8 Å². The quantitative estimate of drug-likeness (QED) is 0.422. The van der Waals surface area contributed by atoms with E-state index in [1.807, 2.05) is 11.6 Å². The Balaban J connectivity index is 1.30. The van der Waals surface area contributed by atoms with Crippen LogP contribution in [-0.4, -0.2) is 43.9 Å². The predicted molar refractivity (Wildman–Crippen MR) is 122 cm³/mol. The fourth-order valence-corrected chi connectivity index (χ4v) is 3.94. The van der Waals surface area contributed by atoms with E-state index >= 15 is 0 Å². The van der Waals surface area contributed by atoms with Gasteiger partial charge in [0, 0.05) is 24.5 Å². The van der Waals surface area contributed by atoms with Gasteiger partial charge in [-0.05, 0) is 36.4 Å². The first-order chi connectivity index (χ1) is 17.0. The molecular formula is C24H21F2N7O2. The molecule has 0 unspecified atom stereocenters. The Morgan fingerprint density at radius 3 is 2.57 bits per heavy atom. The molecule has 0 radical (unpaired) electrons. The summed E-state index contributed by atoms with van der Waals surface area (Å²) in [6.45, 7) is 0.308. The number of halogens is 2. The lowest BCUT2D eigenvalue weighted by Crippen LogP contribution is -2.60. The molecule has 2 N–H and O–H groups in total. The van der Waals surface area contributed by atoms with Crippen LogP contribution in [0.1, 0.15) is 21.7 Å². The lowest BCUT2D eigenvalue weighted by molar-refractivity contribution is -0.0765. The zero-order valence-electron chi connectivity index (χ0n) is 18.7. The van der Waals surface area contributed by atoms with Crippen molar-refractivity contribution in [3.63, 3.8) is 0 Å². The summed E-state index contributed by atoms with van der Waals surface area (Å²) in [5, 5.41) is 14.4. The second-order valence-electron chi connectivity index (χ2n) is 8.15. The van der Waals surface area contributed by atoms with E-state index in [1.165, 1.54) is 12.4 Å². The number of ether oxygens (including phenoxy) is 1. The number of carbonyl (C=O) groups excluding carboxylic acids is 1. The van der Waals surface area contributed by atoms with Gasteiger partial charge >= 0.3 is 0 Å². The fourth-order valence-electron chi connectivity index (χ4n) is 3.94. The standard InChI is InChI=1S/C24H21F2N7O2/c1-33-20(31-32-22(33)19-8-9-27-14-29-19)11-28-16-5-2-4-15(10-16)23(34)30-24(12-35-13-24)21-17(25)6-3-7-18(21)26/h2-10,14,28H,11-13H2,1H3,(H,30,34). The van der Waals surface area contributed by atoms with Crippen LogP contribution in [0.5, 0.6) is 0 Å². The van der Waals surface area contributed by atoms with Crippen LogP contribution in [-0.2, 0) is 23.9 Å². The van der Waals surface area contributed by atoms with Crippen LogP contribution in [0.4, 0.5) is 14.5 Å². The molecule has 1 saturated heterocycles. The molecule has 9 nitrogen and oxygen atoms in total. The minimum atomic E-state index is -1.26. The largest absolute Gasteiger partial charge is 0.378 e. The van der Waals surface area contributed by atoms with Gasteiger partial charge in [-0.25, -0.2) is 18.7 Å². The van der Waals surface area contributed by atoms with Crippen molar-refractivity contribution in [2.24, 2.45) is 7.05 Å². The Morgan fingerprint density at radius 1 is 1.11 bits per heavy atom. The summed E-state index contributed by atoms with van der Waals surface area (Å²) in [7, 11) is 1.83. The Kier molecular flexibility index (Phi) is 5.91. The molecule has 1 fully saturated rings. The van der Waals surface area contributed by atoms with Crippen molar-refractivity contribution in [3.8, 4) is 11.5 Å². The fraction of sp³-hybridized carbons (Fsp3) is 0.208. The van der Waals surface area contributed by atoms with Gasteiger partial charge in [-0.1, -0.05) is 12.1 Å². The zero-order valence-corrected chi connectivity index (χ0v) is 18.7. The van der Waals surface area contributed by atoms with Gasteiger partial charge in [0.05, 0.1) is 25.3 Å². The predicted octanol–water partition coefficient (Wildman–Crippen LogP) is 2.82. The lowest BCUT2D eigenvalue weighted by Gasteiger charge is -2.42. The number of hydrogen-bond donors (Lipinski definition) is 2. The second kappa shape index (κ2) is 9.18. The van der Waals surface area contributed by atoms with Crippen molar-refractivity contribution in [2.45, 2.75) is 12.1 Å². The van der Waals surface area contributed by atoms with Gasteiger partial charge in [0.2, 0.25) is 0 Å². The van der Waals surface area contributed by atoms with Crippen LogP contribution >= 0.6 is 0 Å². The van der Waals surface area contributed by atoms with E-state index in [1.54, 1.807) is 36.5 Å². The molecule has 5 rings (SSSR count). The van der Waals surface area contributed by atoms with Crippen LogP contribution in [0.25, 0.3) is 11.5 Å². The summed E-state index contributed by atoms with van der Waals surface area (Å²) in [5.74, 6) is -0.660. The molecule has 0 bridgehead atoms. The number of amides is 1. The zero-order chi connectivity index (χ0) is 24.4. The van der Waals surface area contributed by atoms with Gasteiger partial charge in [0.15, 0.2) is 11.6 Å². The molecule has 11 heteroatoms. The van der Waals surface area contributed by atoms with Crippen LogP contribution in [0.3, 0.4) is 0 Å². The van der Waals surface area contributed by atoms with E-state index in [4.69, 9.17) is 4.74 Å². The van der Waals surface area contributed by atoms with Gasteiger partial charge in [-0.3, -0.25) is 4.79 Å². The second-order valence-corrected chi connectivity index (χ2v) is 8.15. The molecule has 178 valence electrons. The molecule has 2 aromatic carbocycles. The first kappa shape index (κ1) is 22.5. The number of benzene rings is 2. The van der Waals surface area contributed by atoms with Crippen LogP contribution in [0.15, 0.2) is 61.1 Å². The van der Waals surface area contributed by atoms with E-state index in [0.717, 1.165) is 12.1 Å². The van der Waals surface area contributed by atoms with Crippen LogP contribution in [0.2, 0.25) is 0 Å². The average molecular weight is 477 g/mol. The van der Waals surface area contributed by atoms with Crippen molar-refractivity contribution < 1.29 is 18.3 Å². The van der Waals surface area contributed by atoms with E-state index in [9.17, 15) is 13.6 Å². The molecule has 1 aliphatic rings. The Bertz CT molecular complexity index is 1350. The number of rotatable bonds is 7. The SMILES string of the molecule is Cn1c(CNc2cccc(C(=O)NC3(c4c(F)cccc4F)COC3)c2)nnc1-c1ccncn1. The molecule has 2 aromatic heterocycles. The minimum Gasteiger partial charge on any atom is -0.378 e. The maximum Gasteiger partial charge on any atom is 0.252 e. The summed E-state index contributed by atoms with van der Waals surface area (Å²) >= 11 is 0. The minimum absolute atomic E-state index is 0.0185. The van der Waals surface area contributed by atoms with Gasteiger partial charge in [-0.15, -0.1) is 10.2 Å². The van der Waals surface area contributed by atoms with Gasteiger partial charge in [0.1, 0.15) is 29.2 Å². The molecular weight excluding hydrogens is 456 g/mol. The number of carbonyl (C=O) groups is 1. The molecule has 1 aliphatic heterocycles. The third kappa shape index (κ3) is 4.33. The molecule has 35 heavy (non-hydrogen) atoms. The third-order valence-corrected chi connectivity index (χ3v) is 5.84. The lowest BCUT2D eigenvalue weighted by atomic mass is 9.86. The van der Waals surface area contributed by atoms with Crippen molar-refractivity contribution in [2.75, 3.05) is 18.5 Å². The monoisotopic (exact) mass is 477 g/mol. The highest BCUT2D eigenvalue weighted by Gasteiger charge is 2.45. The number of aromatic nitrogens is 5. The highest BCUT2D eigenvalue weighted by atomic mass is 19.1. The highest BCUT2D eigenvalue weighted by molar-refractivity contribution is 5.95. The van der Waals surface area contributed by atoms with E-state index < -0.39 is 23.1 Å². The molecule has 0 atom stereocenters. The summed E-state index contributed by atoms with van der Waals surface area (Å²) in [5.41, 5.74) is 0.194. The van der Waals surface area contributed by atoms with E-state index in [2.05, 4.69) is 30.8 Å². The highest BCUT2D eigenvalue weighted by Crippen LogP contribution is 2.34. The first-order valence-electron chi connectivity index (χ1n) is 10.8. The topological polar surface area (TPSA) is 107 Å². The summed E-state index contributed by atoms with van der Waals surface area (Å²) in [6, 6.07) is 12.2. The average Bonchev–Trinajstić information content (AvgIpc) is 3.21. The third-order valence-electron chi connectivity index (χ3n) is 5.84. The molecule has 1 amide bonds. The van der Waals surface area contributed by atoms with Crippen LogP contribution < -0.4 is 10.6 Å². The number of anilines is 1. The molecule has 0 spiro atoms. The number of hydrogen-bond acceptors (Lipinski definition) is 7. The summed E-state index contributed by atoms with van der Waals surface area (Å²) < 4.78 is 35.8.